The summed E-state index contributed by atoms with van der Waals surface area (Å²) >= 11 is 6.10. The van der Waals surface area contributed by atoms with E-state index in [9.17, 15) is 53.7 Å². The van der Waals surface area contributed by atoms with E-state index in [1.807, 2.05) is 0 Å². The molecule has 0 aromatic heterocycles. The van der Waals surface area contributed by atoms with Crippen LogP contribution in [0.4, 0.5) is 0 Å². The number of phenolic OH excluding ortho intramolecular Hbond substituents is 2. The van der Waals surface area contributed by atoms with Crippen LogP contribution < -0.4 is 60.2 Å². The Kier molecular flexibility index (Phi) is 24.4. The molecule has 1 fully saturated rings. The summed E-state index contributed by atoms with van der Waals surface area (Å²) in [6.07, 6.45) is -1.05. The Morgan fingerprint density at radius 3 is 1.68 bits per heavy atom. The summed E-state index contributed by atoms with van der Waals surface area (Å²) in [4.78, 5) is 113. The van der Waals surface area contributed by atoms with Crippen LogP contribution in [0, 0.1) is 5.41 Å². The van der Waals surface area contributed by atoms with Gasteiger partial charge >= 0.3 is 0 Å². The third-order valence-corrected chi connectivity index (χ3v) is 15.7. The molecule has 0 bridgehead atoms. The Labute approximate surface area is 477 Å². The summed E-state index contributed by atoms with van der Waals surface area (Å²) in [6, 6.07) is 13.9. The molecule has 0 spiro atoms. The van der Waals surface area contributed by atoms with E-state index in [4.69, 9.17) is 34.5 Å². The molecule has 22 nitrogen and oxygen atoms in total. The molecule has 0 aliphatic carbocycles. The van der Waals surface area contributed by atoms with Crippen LogP contribution in [-0.4, -0.2) is 135 Å². The van der Waals surface area contributed by atoms with Crippen molar-refractivity contribution in [2.24, 2.45) is 28.3 Å². The van der Waals surface area contributed by atoms with E-state index in [-0.39, 0.29) is 67.2 Å². The van der Waals surface area contributed by atoms with Crippen LogP contribution in [0.5, 0.6) is 11.5 Å². The number of benzene rings is 4. The molecule has 1 saturated heterocycles. The number of aromatic hydroxyl groups is 2. The number of amides is 8. The lowest BCUT2D eigenvalue weighted by molar-refractivity contribution is -0.136. The Balaban J connectivity index is 1.59. The lowest BCUT2D eigenvalue weighted by Crippen LogP contribution is -2.63. The Bertz CT molecular complexity index is 2760. The topological polar surface area (TPSA) is 386 Å². The maximum absolute atomic E-state index is 14.8. The van der Waals surface area contributed by atoms with E-state index in [0.717, 1.165) is 27.2 Å². The van der Waals surface area contributed by atoms with Gasteiger partial charge in [-0.05, 0) is 108 Å². The normalized spacial score (nSPS) is 21.3. The highest BCUT2D eigenvalue weighted by Gasteiger charge is 2.39. The summed E-state index contributed by atoms with van der Waals surface area (Å²) in [6.45, 7) is 5.28. The number of rotatable bonds is 19. The number of aliphatic hydroxyl groups excluding tert-OH is 1. The van der Waals surface area contributed by atoms with Gasteiger partial charge in [0.05, 0.1) is 6.04 Å². The lowest BCUT2D eigenvalue weighted by Gasteiger charge is -2.33. The van der Waals surface area contributed by atoms with Crippen molar-refractivity contribution in [1.82, 2.24) is 37.2 Å². The number of halogens is 1. The number of hydrogen-bond donors (Lipinski definition) is 14. The minimum atomic E-state index is -1.53. The van der Waals surface area contributed by atoms with Gasteiger partial charge in [-0.1, -0.05) is 102 Å². The number of aliphatic hydroxyl groups is 1. The Hall–Kier alpha value is -6.93. The predicted molar refractivity (Wildman–Crippen MR) is 306 cm³/mol. The fourth-order valence-corrected chi connectivity index (χ4v) is 10.9. The molecule has 4 aromatic rings. The molecular weight excluding hydrogens is 1090 g/mol. The minimum Gasteiger partial charge on any atom is -0.508 e. The highest BCUT2D eigenvalue weighted by atomic mass is 35.5. The smallest absolute Gasteiger partial charge is 0.248 e. The van der Waals surface area contributed by atoms with Gasteiger partial charge in [0, 0.05) is 47.4 Å². The van der Waals surface area contributed by atoms with E-state index in [1.165, 1.54) is 60.7 Å². The third kappa shape index (κ3) is 20.3. The highest BCUT2D eigenvalue weighted by molar-refractivity contribution is 8.76. The molecule has 0 saturated carbocycles. The van der Waals surface area contributed by atoms with Gasteiger partial charge in [0.25, 0.3) is 0 Å². The summed E-state index contributed by atoms with van der Waals surface area (Å²) in [5, 5.41) is 51.4. The van der Waals surface area contributed by atoms with Gasteiger partial charge in [-0.2, -0.15) is 0 Å². The van der Waals surface area contributed by atoms with Gasteiger partial charge in [-0.3, -0.25) is 43.7 Å². The molecule has 432 valence electrons. The fraction of sp³-hybridized carbons (Fsp3) is 0.418. The van der Waals surface area contributed by atoms with Gasteiger partial charge in [0.1, 0.15) is 54.0 Å². The first-order chi connectivity index (χ1) is 37.9. The molecule has 2 unspecified atom stereocenters. The van der Waals surface area contributed by atoms with Crippen molar-refractivity contribution in [1.29, 1.82) is 0 Å². The molecule has 8 amide bonds. The maximum atomic E-state index is 14.8. The van der Waals surface area contributed by atoms with Gasteiger partial charge in [-0.15, -0.1) is 0 Å². The average Bonchev–Trinajstić information content (AvgIpc) is 3.41. The molecule has 4 aromatic carbocycles. The van der Waals surface area contributed by atoms with Crippen LogP contribution in [0.3, 0.4) is 0 Å². The third-order valence-electron chi connectivity index (χ3n) is 13.0. The van der Waals surface area contributed by atoms with Gasteiger partial charge < -0.3 is 70.2 Å². The lowest BCUT2D eigenvalue weighted by atomic mass is 9.85. The van der Waals surface area contributed by atoms with Crippen molar-refractivity contribution in [2.75, 3.05) is 18.1 Å². The second kappa shape index (κ2) is 30.6. The van der Waals surface area contributed by atoms with Crippen molar-refractivity contribution in [3.63, 3.8) is 0 Å². The number of primary amides is 2. The average molecular weight is 1160 g/mol. The molecule has 0 radical (unpaired) electrons. The fourth-order valence-electron chi connectivity index (χ4n) is 8.39. The van der Waals surface area contributed by atoms with E-state index in [1.54, 1.807) is 57.2 Å². The standard InChI is InChI=1S/C55H72ClN11O11S2/c1-55(2,3)45-54(78)66-44(52(76)62-40(47(60)71)25-32-11-19-36(68)20-12-32)29-80-79-28-43(65-48(72)38(58)24-30-9-17-35(56)18-10-30)53(77)64-42(27-33-13-21-37(69)22-14-33)51(75)63-41(26-31-7-15-34(16-8-31)46(59)70)50(74)61-39(49(73)67-45)6-4-5-23-57/h7-22,38-45,48,65,68-69,72H,4-6,23-29,57-58H2,1-3H3,(H2,59,70)(H2,60,71)(H,61,74)(H,62,76)(H,63,75)(H,64,77)(H,66,78)(H,67,73)/t38-,39-,40?,41+,42-,43+,44-,45+,48?/m0/s1. The zero-order valence-corrected chi connectivity index (χ0v) is 47.0. The maximum Gasteiger partial charge on any atom is 0.248 e. The Morgan fingerprint density at radius 1 is 0.650 bits per heavy atom. The Morgan fingerprint density at radius 2 is 1.14 bits per heavy atom. The molecular formula is C55H72ClN11O11S2. The number of phenols is 2. The first-order valence-electron chi connectivity index (χ1n) is 25.8. The second-order valence-corrected chi connectivity index (χ2v) is 23.5. The molecule has 1 heterocycles. The summed E-state index contributed by atoms with van der Waals surface area (Å²) < 4.78 is 0. The van der Waals surface area contributed by atoms with Crippen molar-refractivity contribution >= 4 is 80.4 Å². The van der Waals surface area contributed by atoms with Gasteiger partial charge in [0.15, 0.2) is 0 Å². The number of carbonyl (C=O) groups excluding carboxylic acids is 8. The molecule has 80 heavy (non-hydrogen) atoms. The number of carbonyl (C=O) groups is 8. The molecule has 1 aliphatic rings. The number of unbranched alkanes of at least 4 members (excludes halogenated alkanes) is 1. The van der Waals surface area contributed by atoms with Crippen LogP contribution in [0.15, 0.2) is 97.1 Å². The SMILES string of the molecule is CC(C)(C)[C@@H]1NC(=O)[C@H](CCCCN)NC(=O)[C@@H](Cc2ccc(C(N)=O)cc2)NC(=O)[C@H](Cc2ccc(O)cc2)NC(=O)[C@H](NC(O)[C@@H](N)Cc2ccc(Cl)cc2)CSSC[C@@H](C(=O)NC(Cc2ccc(O)cc2)C(N)=O)NC1=O. The highest BCUT2D eigenvalue weighted by Crippen LogP contribution is 2.26. The summed E-state index contributed by atoms with van der Waals surface area (Å²) in [5.41, 5.74) is 25.0. The van der Waals surface area contributed by atoms with Crippen LogP contribution in [0.2, 0.25) is 5.02 Å². The number of nitrogens with one attached hydrogen (secondary N) is 7. The first kappa shape index (κ1) is 63.9. The summed E-state index contributed by atoms with van der Waals surface area (Å²) in [7, 11) is 2.08. The quantitative estimate of drug-likeness (QED) is 0.0349. The van der Waals surface area contributed by atoms with Crippen molar-refractivity contribution in [3.8, 4) is 11.5 Å². The van der Waals surface area contributed by atoms with Crippen molar-refractivity contribution in [2.45, 2.75) is 120 Å². The van der Waals surface area contributed by atoms with Crippen LogP contribution >= 0.6 is 33.2 Å². The summed E-state index contributed by atoms with van der Waals surface area (Å²) in [5.74, 6) is -7.01. The van der Waals surface area contributed by atoms with Crippen LogP contribution in [0.25, 0.3) is 0 Å². The van der Waals surface area contributed by atoms with Crippen molar-refractivity contribution in [3.05, 3.63) is 130 Å². The van der Waals surface area contributed by atoms with Gasteiger partial charge in [0.2, 0.25) is 47.3 Å². The van der Waals surface area contributed by atoms with E-state index in [0.29, 0.717) is 34.6 Å². The number of hydrogen-bond acceptors (Lipinski definition) is 16. The second-order valence-electron chi connectivity index (χ2n) is 20.5. The van der Waals surface area contributed by atoms with Crippen LogP contribution in [0.1, 0.15) is 72.6 Å². The molecule has 1 aliphatic heterocycles. The van der Waals surface area contributed by atoms with Crippen LogP contribution in [-0.2, 0) is 59.2 Å². The largest absolute Gasteiger partial charge is 0.508 e. The molecule has 5 rings (SSSR count). The zero-order chi connectivity index (χ0) is 58.7. The first-order valence-corrected chi connectivity index (χ1v) is 28.7. The minimum absolute atomic E-state index is 0.0266. The van der Waals surface area contributed by atoms with Crippen molar-refractivity contribution < 1.29 is 53.7 Å². The van der Waals surface area contributed by atoms with E-state index in [2.05, 4.69) is 37.2 Å². The molecule has 9 atom stereocenters. The molecule has 25 heteroatoms. The van der Waals surface area contributed by atoms with E-state index >= 15 is 0 Å². The van der Waals surface area contributed by atoms with Gasteiger partial charge in [-0.25, -0.2) is 0 Å². The molecule has 18 N–H and O–H groups in total. The van der Waals surface area contributed by atoms with E-state index < -0.39 is 107 Å². The number of nitrogens with two attached hydrogens (primary N) is 4. The zero-order valence-electron chi connectivity index (χ0n) is 44.6. The monoisotopic (exact) mass is 1160 g/mol. The predicted octanol–water partition coefficient (Wildman–Crippen LogP) is 0.689.